The van der Waals surface area contributed by atoms with E-state index in [0.717, 1.165) is 0 Å². The molecule has 2 aromatic carbocycles. The maximum atomic E-state index is 12.3. The Balaban J connectivity index is 2.04. The lowest BCUT2D eigenvalue weighted by Gasteiger charge is -2.20. The molecule has 0 spiro atoms. The Morgan fingerprint density at radius 3 is 1.85 bits per heavy atom. The van der Waals surface area contributed by atoms with Crippen LogP contribution in [0.2, 0.25) is 0 Å². The van der Waals surface area contributed by atoms with E-state index in [1.54, 1.807) is 55.5 Å². The molecule has 0 aliphatic heterocycles. The highest BCUT2D eigenvalue weighted by Crippen LogP contribution is 2.22. The summed E-state index contributed by atoms with van der Waals surface area (Å²) < 4.78 is 5.69. The summed E-state index contributed by atoms with van der Waals surface area (Å²) >= 11 is 0. The number of amides is 1. The quantitative estimate of drug-likeness (QED) is 0.688. The van der Waals surface area contributed by atoms with Gasteiger partial charge in [0, 0.05) is 11.1 Å². The Morgan fingerprint density at radius 1 is 0.963 bits per heavy atom. The van der Waals surface area contributed by atoms with Gasteiger partial charge in [-0.1, -0.05) is 20.3 Å². The molecule has 1 amide bonds. The lowest BCUT2D eigenvalue weighted by atomic mass is 9.99. The van der Waals surface area contributed by atoms with Gasteiger partial charge in [0.25, 0.3) is 5.91 Å². The summed E-state index contributed by atoms with van der Waals surface area (Å²) in [5.41, 5.74) is 0.951. The van der Waals surface area contributed by atoms with E-state index in [2.05, 4.69) is 5.32 Å². The molecule has 0 heterocycles. The Kier molecular flexibility index (Phi) is 6.71. The predicted molar refractivity (Wildman–Crippen MR) is 101 cm³/mol. The molecule has 0 radical (unpaired) electrons. The summed E-state index contributed by atoms with van der Waals surface area (Å²) in [4.78, 5) is 34.9. The molecule has 27 heavy (non-hydrogen) atoms. The Morgan fingerprint density at radius 2 is 1.44 bits per heavy atom. The molecule has 0 aliphatic rings. The third-order valence-corrected chi connectivity index (χ3v) is 4.38. The Hall–Kier alpha value is -3.15. The molecule has 0 aromatic heterocycles. The average Bonchev–Trinajstić information content (AvgIpc) is 2.66. The minimum Gasteiger partial charge on any atom is -0.480 e. The normalized spacial score (nSPS) is 12.7. The highest BCUT2D eigenvalue weighted by Gasteiger charge is 2.25. The first-order valence-electron chi connectivity index (χ1n) is 8.74. The molecule has 2 rings (SSSR count). The molecule has 0 saturated carbocycles. The van der Waals surface area contributed by atoms with Gasteiger partial charge in [0.05, 0.1) is 0 Å². The summed E-state index contributed by atoms with van der Waals surface area (Å²) in [7, 11) is 0. The van der Waals surface area contributed by atoms with Crippen molar-refractivity contribution in [3.05, 3.63) is 59.7 Å². The van der Waals surface area contributed by atoms with Crippen molar-refractivity contribution in [2.24, 2.45) is 5.92 Å². The Labute approximate surface area is 158 Å². The van der Waals surface area contributed by atoms with E-state index < -0.39 is 17.9 Å². The highest BCUT2D eigenvalue weighted by atomic mass is 16.5. The number of aliphatic carboxylic acids is 1. The molecule has 6 heteroatoms. The molecule has 2 aromatic rings. The molecule has 2 atom stereocenters. The predicted octanol–water partition coefficient (Wildman–Crippen LogP) is 3.91. The van der Waals surface area contributed by atoms with Gasteiger partial charge in [0.15, 0.2) is 5.78 Å². The van der Waals surface area contributed by atoms with Crippen LogP contribution in [0.25, 0.3) is 0 Å². The van der Waals surface area contributed by atoms with Gasteiger partial charge in [0.2, 0.25) is 0 Å². The zero-order valence-corrected chi connectivity index (χ0v) is 15.6. The second kappa shape index (κ2) is 8.98. The summed E-state index contributed by atoms with van der Waals surface area (Å²) in [6, 6.07) is 12.2. The number of carbonyl (C=O) groups is 3. The van der Waals surface area contributed by atoms with Crippen molar-refractivity contribution in [3.63, 3.8) is 0 Å². The van der Waals surface area contributed by atoms with E-state index >= 15 is 0 Å². The highest BCUT2D eigenvalue weighted by molar-refractivity contribution is 5.96. The molecular formula is C21H23NO5. The number of hydrogen-bond donors (Lipinski definition) is 2. The number of rotatable bonds is 8. The van der Waals surface area contributed by atoms with Crippen molar-refractivity contribution in [3.8, 4) is 11.5 Å². The largest absolute Gasteiger partial charge is 0.480 e. The van der Waals surface area contributed by atoms with Gasteiger partial charge >= 0.3 is 5.97 Å². The van der Waals surface area contributed by atoms with Crippen LogP contribution in [-0.2, 0) is 4.79 Å². The third-order valence-electron chi connectivity index (χ3n) is 4.38. The summed E-state index contributed by atoms with van der Waals surface area (Å²) in [5, 5.41) is 11.8. The zero-order valence-electron chi connectivity index (χ0n) is 15.6. The van der Waals surface area contributed by atoms with Crippen molar-refractivity contribution in [2.75, 3.05) is 0 Å². The van der Waals surface area contributed by atoms with Crippen LogP contribution >= 0.6 is 0 Å². The summed E-state index contributed by atoms with van der Waals surface area (Å²) in [6.45, 7) is 5.16. The maximum absolute atomic E-state index is 12.3. The number of carbonyl (C=O) groups excluding carboxylic acids is 2. The SMILES string of the molecule is CC[C@H](C)[C@H](NC(=O)c1ccc(Oc2ccc(C(C)=O)cc2)cc1)C(=O)O. The first-order chi connectivity index (χ1) is 12.8. The fraction of sp³-hybridized carbons (Fsp3) is 0.286. The minimum absolute atomic E-state index is 0.0195. The average molecular weight is 369 g/mol. The van der Waals surface area contributed by atoms with Crippen LogP contribution in [0.3, 0.4) is 0 Å². The van der Waals surface area contributed by atoms with Crippen molar-refractivity contribution in [1.29, 1.82) is 0 Å². The number of ether oxygens (including phenoxy) is 1. The van der Waals surface area contributed by atoms with Crippen LogP contribution in [-0.4, -0.2) is 28.8 Å². The first kappa shape index (κ1) is 20.2. The van der Waals surface area contributed by atoms with E-state index in [9.17, 15) is 19.5 Å². The van der Waals surface area contributed by atoms with Crippen molar-refractivity contribution < 1.29 is 24.2 Å². The first-order valence-corrected chi connectivity index (χ1v) is 8.74. The fourth-order valence-corrected chi connectivity index (χ4v) is 2.48. The van der Waals surface area contributed by atoms with Gasteiger partial charge in [-0.3, -0.25) is 9.59 Å². The van der Waals surface area contributed by atoms with Crippen LogP contribution in [0, 0.1) is 5.92 Å². The lowest BCUT2D eigenvalue weighted by molar-refractivity contribution is -0.140. The van der Waals surface area contributed by atoms with Crippen molar-refractivity contribution in [1.82, 2.24) is 5.32 Å². The number of benzene rings is 2. The number of nitrogens with one attached hydrogen (secondary N) is 1. The van der Waals surface area contributed by atoms with Crippen LogP contribution in [0.15, 0.2) is 48.5 Å². The van der Waals surface area contributed by atoms with E-state index in [4.69, 9.17) is 4.74 Å². The molecular weight excluding hydrogens is 346 g/mol. The lowest BCUT2D eigenvalue weighted by Crippen LogP contribution is -2.45. The van der Waals surface area contributed by atoms with Crippen LogP contribution in [0.5, 0.6) is 11.5 Å². The van der Waals surface area contributed by atoms with Crippen LogP contribution in [0.1, 0.15) is 47.9 Å². The molecule has 142 valence electrons. The second-order valence-electron chi connectivity index (χ2n) is 6.38. The van der Waals surface area contributed by atoms with Gasteiger partial charge in [-0.2, -0.15) is 0 Å². The molecule has 0 fully saturated rings. The number of Topliss-reactive ketones (excluding diaryl/α,β-unsaturated/α-hetero) is 1. The monoisotopic (exact) mass is 369 g/mol. The number of carboxylic acids is 1. The Bertz CT molecular complexity index is 811. The standard InChI is InChI=1S/C21H23NO5/c1-4-13(2)19(21(25)26)22-20(24)16-7-11-18(12-8-16)27-17-9-5-15(6-10-17)14(3)23/h5-13,19H,4H2,1-3H3,(H,22,24)(H,25,26)/t13-,19-/m0/s1. The summed E-state index contributed by atoms with van der Waals surface area (Å²) in [5.74, 6) is -0.591. The van der Waals surface area contributed by atoms with E-state index in [1.807, 2.05) is 6.92 Å². The molecule has 0 unspecified atom stereocenters. The smallest absolute Gasteiger partial charge is 0.326 e. The van der Waals surface area contributed by atoms with Crippen LogP contribution in [0.4, 0.5) is 0 Å². The third kappa shape index (κ3) is 5.41. The summed E-state index contributed by atoms with van der Waals surface area (Å²) in [6.07, 6.45) is 0.645. The zero-order chi connectivity index (χ0) is 20.0. The van der Waals surface area contributed by atoms with Gasteiger partial charge in [0.1, 0.15) is 17.5 Å². The second-order valence-corrected chi connectivity index (χ2v) is 6.38. The molecule has 0 bridgehead atoms. The van der Waals surface area contributed by atoms with Gasteiger partial charge in [-0.25, -0.2) is 4.79 Å². The van der Waals surface area contributed by atoms with Crippen molar-refractivity contribution in [2.45, 2.75) is 33.2 Å². The molecule has 0 aliphatic carbocycles. The fourth-order valence-electron chi connectivity index (χ4n) is 2.48. The molecule has 0 saturated heterocycles. The van der Waals surface area contributed by atoms with Crippen molar-refractivity contribution >= 4 is 17.7 Å². The molecule has 6 nitrogen and oxygen atoms in total. The molecule has 2 N–H and O–H groups in total. The van der Waals surface area contributed by atoms with Crippen LogP contribution < -0.4 is 10.1 Å². The van der Waals surface area contributed by atoms with E-state index in [0.29, 0.717) is 29.0 Å². The number of hydrogen-bond acceptors (Lipinski definition) is 4. The van der Waals surface area contributed by atoms with Gasteiger partial charge in [-0.05, 0) is 61.4 Å². The minimum atomic E-state index is -1.05. The van der Waals surface area contributed by atoms with E-state index in [1.165, 1.54) is 6.92 Å². The number of ketones is 1. The topological polar surface area (TPSA) is 92.7 Å². The van der Waals surface area contributed by atoms with Gasteiger partial charge < -0.3 is 15.2 Å². The maximum Gasteiger partial charge on any atom is 0.326 e. The van der Waals surface area contributed by atoms with Gasteiger partial charge in [-0.15, -0.1) is 0 Å². The number of carboxylic acid groups (broad SMARTS) is 1. The van der Waals surface area contributed by atoms with E-state index in [-0.39, 0.29) is 11.7 Å².